The highest BCUT2D eigenvalue weighted by atomic mass is 32.2. The van der Waals surface area contributed by atoms with E-state index in [1.165, 1.54) is 4.90 Å². The molecule has 0 aliphatic carbocycles. The minimum Gasteiger partial charge on any atom is -0.497 e. The topological polar surface area (TPSA) is 105 Å². The molecule has 9 nitrogen and oxygen atoms in total. The second kappa shape index (κ2) is 13.7. The number of amides is 2. The monoisotopic (exact) mass is 553 g/mol. The van der Waals surface area contributed by atoms with Crippen LogP contribution in [0.15, 0.2) is 78.9 Å². The van der Waals surface area contributed by atoms with E-state index >= 15 is 0 Å². The summed E-state index contributed by atoms with van der Waals surface area (Å²) in [5.74, 6) is 0.932. The molecule has 0 bridgehead atoms. The summed E-state index contributed by atoms with van der Waals surface area (Å²) in [5.41, 5.74) is 1.04. The third-order valence-electron chi connectivity index (χ3n) is 5.99. The average molecular weight is 554 g/mol. The van der Waals surface area contributed by atoms with Crippen molar-refractivity contribution >= 4 is 27.5 Å². The van der Waals surface area contributed by atoms with E-state index < -0.39 is 28.5 Å². The molecule has 0 aliphatic heterocycles. The van der Waals surface area contributed by atoms with E-state index in [9.17, 15) is 18.0 Å². The summed E-state index contributed by atoms with van der Waals surface area (Å²) in [4.78, 5) is 27.8. The van der Waals surface area contributed by atoms with E-state index in [0.29, 0.717) is 29.5 Å². The van der Waals surface area contributed by atoms with Crippen LogP contribution in [0.2, 0.25) is 0 Å². The average Bonchev–Trinajstić information content (AvgIpc) is 2.93. The zero-order chi connectivity index (χ0) is 28.4. The van der Waals surface area contributed by atoms with Gasteiger partial charge in [0.25, 0.3) is 0 Å². The molecule has 1 N–H and O–H groups in total. The molecule has 2 amide bonds. The second-order valence-electron chi connectivity index (χ2n) is 9.02. The Morgan fingerprint density at radius 3 is 2.18 bits per heavy atom. The fraction of sp³-hybridized carbons (Fsp3) is 0.310. The number of ether oxygens (including phenoxy) is 2. The van der Waals surface area contributed by atoms with Gasteiger partial charge in [0.15, 0.2) is 0 Å². The molecule has 0 fully saturated rings. The number of sulfonamides is 1. The highest BCUT2D eigenvalue weighted by Crippen LogP contribution is 2.26. The molecule has 208 valence electrons. The Bertz CT molecular complexity index is 1350. The van der Waals surface area contributed by atoms with Crippen LogP contribution in [0.4, 0.5) is 5.69 Å². The lowest BCUT2D eigenvalue weighted by molar-refractivity contribution is -0.139. The maximum absolute atomic E-state index is 13.6. The minimum atomic E-state index is -3.84. The third kappa shape index (κ3) is 8.47. The number of hydrogen-bond acceptors (Lipinski definition) is 6. The van der Waals surface area contributed by atoms with Gasteiger partial charge in [-0.05, 0) is 67.4 Å². The standard InChI is InChI=1S/C29H35N3O6S/c1-5-18-30-29(34)22(2)31(20-23-10-9-13-27(19-23)37-3)28(33)21-32(39(4,35)36)24-14-16-26(17-15-24)38-25-11-7-6-8-12-25/h6-17,19,22H,5,18,20-21H2,1-4H3,(H,30,34). The van der Waals surface area contributed by atoms with E-state index in [4.69, 9.17) is 9.47 Å². The van der Waals surface area contributed by atoms with Crippen molar-refractivity contribution in [1.29, 1.82) is 0 Å². The van der Waals surface area contributed by atoms with Crippen LogP contribution in [0.25, 0.3) is 0 Å². The highest BCUT2D eigenvalue weighted by molar-refractivity contribution is 7.92. The van der Waals surface area contributed by atoms with Gasteiger partial charge in [0.05, 0.1) is 19.1 Å². The molecule has 0 aromatic heterocycles. The van der Waals surface area contributed by atoms with Gasteiger partial charge in [0.2, 0.25) is 21.8 Å². The Labute approximate surface area is 230 Å². The van der Waals surface area contributed by atoms with Crippen molar-refractivity contribution in [3.8, 4) is 17.2 Å². The van der Waals surface area contributed by atoms with Gasteiger partial charge < -0.3 is 19.7 Å². The van der Waals surface area contributed by atoms with Gasteiger partial charge in [0, 0.05) is 13.1 Å². The van der Waals surface area contributed by atoms with Crippen LogP contribution < -0.4 is 19.1 Å². The van der Waals surface area contributed by atoms with Crippen molar-refractivity contribution in [2.45, 2.75) is 32.9 Å². The first-order chi connectivity index (χ1) is 18.6. The van der Waals surface area contributed by atoms with Crippen LogP contribution in [0.5, 0.6) is 17.2 Å². The molecule has 0 heterocycles. The Morgan fingerprint density at radius 2 is 1.56 bits per heavy atom. The number of nitrogens with one attached hydrogen (secondary N) is 1. The van der Waals surface area contributed by atoms with Gasteiger partial charge in [-0.2, -0.15) is 0 Å². The van der Waals surface area contributed by atoms with Gasteiger partial charge in [0.1, 0.15) is 29.8 Å². The number of nitrogens with zero attached hydrogens (tertiary/aromatic N) is 2. The number of methoxy groups -OCH3 is 1. The summed E-state index contributed by atoms with van der Waals surface area (Å²) in [5, 5.41) is 2.81. The largest absolute Gasteiger partial charge is 0.497 e. The molecular formula is C29H35N3O6S. The van der Waals surface area contributed by atoms with Gasteiger partial charge >= 0.3 is 0 Å². The predicted octanol–water partition coefficient (Wildman–Crippen LogP) is 4.20. The molecule has 3 aromatic rings. The first-order valence-electron chi connectivity index (χ1n) is 12.6. The summed E-state index contributed by atoms with van der Waals surface area (Å²) in [6.07, 6.45) is 1.78. The summed E-state index contributed by atoms with van der Waals surface area (Å²) in [6.45, 7) is 3.65. The molecule has 0 spiro atoms. The number of para-hydroxylation sites is 1. The minimum absolute atomic E-state index is 0.0954. The molecule has 0 radical (unpaired) electrons. The second-order valence-corrected chi connectivity index (χ2v) is 10.9. The van der Waals surface area contributed by atoms with E-state index in [1.807, 2.05) is 43.3 Å². The van der Waals surface area contributed by atoms with Gasteiger partial charge in [-0.3, -0.25) is 13.9 Å². The summed E-state index contributed by atoms with van der Waals surface area (Å²) < 4.78 is 37.7. The number of carbonyl (C=O) groups is 2. The first kappa shape index (κ1) is 29.5. The van der Waals surface area contributed by atoms with Gasteiger partial charge in [-0.15, -0.1) is 0 Å². The number of anilines is 1. The lowest BCUT2D eigenvalue weighted by atomic mass is 10.1. The number of hydrogen-bond donors (Lipinski definition) is 1. The van der Waals surface area contributed by atoms with Crippen LogP contribution in [0.3, 0.4) is 0 Å². The third-order valence-corrected chi connectivity index (χ3v) is 7.13. The van der Waals surface area contributed by atoms with Crippen LogP contribution in [-0.4, -0.2) is 57.6 Å². The quantitative estimate of drug-likeness (QED) is 0.340. The summed E-state index contributed by atoms with van der Waals surface area (Å²) in [7, 11) is -2.29. The smallest absolute Gasteiger partial charge is 0.244 e. The lowest BCUT2D eigenvalue weighted by Gasteiger charge is -2.31. The zero-order valence-electron chi connectivity index (χ0n) is 22.7. The molecule has 0 aliphatic rings. The molecule has 1 atom stereocenters. The number of benzene rings is 3. The van der Waals surface area contributed by atoms with Crippen molar-refractivity contribution in [3.05, 3.63) is 84.4 Å². The predicted molar refractivity (Wildman–Crippen MR) is 151 cm³/mol. The van der Waals surface area contributed by atoms with Gasteiger partial charge in [-0.1, -0.05) is 37.3 Å². The number of rotatable bonds is 13. The van der Waals surface area contributed by atoms with Gasteiger partial charge in [-0.25, -0.2) is 8.42 Å². The van der Waals surface area contributed by atoms with Crippen molar-refractivity contribution in [3.63, 3.8) is 0 Å². The van der Waals surface area contributed by atoms with E-state index in [-0.39, 0.29) is 12.5 Å². The summed E-state index contributed by atoms with van der Waals surface area (Å²) in [6, 6.07) is 22.0. The Morgan fingerprint density at radius 1 is 0.923 bits per heavy atom. The Kier molecular flexibility index (Phi) is 10.3. The zero-order valence-corrected chi connectivity index (χ0v) is 23.5. The van der Waals surface area contributed by atoms with Crippen molar-refractivity contribution in [2.24, 2.45) is 0 Å². The summed E-state index contributed by atoms with van der Waals surface area (Å²) >= 11 is 0. The molecule has 0 saturated carbocycles. The van der Waals surface area contributed by atoms with Crippen molar-refractivity contribution in [1.82, 2.24) is 10.2 Å². The first-order valence-corrected chi connectivity index (χ1v) is 14.5. The highest BCUT2D eigenvalue weighted by Gasteiger charge is 2.30. The molecule has 10 heteroatoms. The maximum atomic E-state index is 13.6. The fourth-order valence-electron chi connectivity index (χ4n) is 3.86. The molecular weight excluding hydrogens is 518 g/mol. The van der Waals surface area contributed by atoms with Crippen molar-refractivity contribution < 1.29 is 27.5 Å². The van der Waals surface area contributed by atoms with Crippen LogP contribution in [0, 0.1) is 0 Å². The maximum Gasteiger partial charge on any atom is 0.244 e. The number of carbonyl (C=O) groups excluding carboxylic acids is 2. The molecule has 39 heavy (non-hydrogen) atoms. The SMILES string of the molecule is CCCNC(=O)C(C)N(Cc1cccc(OC)c1)C(=O)CN(c1ccc(Oc2ccccc2)cc1)S(C)(=O)=O. The Balaban J connectivity index is 1.86. The van der Waals surface area contributed by atoms with Crippen LogP contribution in [0.1, 0.15) is 25.8 Å². The molecule has 3 aromatic carbocycles. The molecule has 1 unspecified atom stereocenters. The normalized spacial score (nSPS) is 11.8. The van der Waals surface area contributed by atoms with E-state index in [0.717, 1.165) is 22.5 Å². The van der Waals surface area contributed by atoms with E-state index in [1.54, 1.807) is 56.5 Å². The molecule has 3 rings (SSSR count). The molecule has 0 saturated heterocycles. The fourth-order valence-corrected chi connectivity index (χ4v) is 4.71. The Hall–Kier alpha value is -4.05. The van der Waals surface area contributed by atoms with Crippen LogP contribution >= 0.6 is 0 Å². The van der Waals surface area contributed by atoms with Crippen molar-refractivity contribution in [2.75, 3.05) is 30.8 Å². The van der Waals surface area contributed by atoms with E-state index in [2.05, 4.69) is 5.32 Å². The van der Waals surface area contributed by atoms with Crippen LogP contribution in [-0.2, 0) is 26.2 Å². The lowest BCUT2D eigenvalue weighted by Crippen LogP contribution is -2.51.